The second kappa shape index (κ2) is 6.42. The summed E-state index contributed by atoms with van der Waals surface area (Å²) in [5, 5.41) is 18.5. The van der Waals surface area contributed by atoms with E-state index in [4.69, 9.17) is 10.00 Å². The van der Waals surface area contributed by atoms with Gasteiger partial charge in [-0.2, -0.15) is 10.4 Å². The van der Waals surface area contributed by atoms with Crippen molar-refractivity contribution in [2.24, 2.45) is 0 Å². The Balaban J connectivity index is 1.77. The first-order valence-electron chi connectivity index (χ1n) is 7.69. The fourth-order valence-corrected chi connectivity index (χ4v) is 2.92. The van der Waals surface area contributed by atoms with Crippen LogP contribution in [0.15, 0.2) is 18.2 Å². The Morgan fingerprint density at radius 3 is 3.08 bits per heavy atom. The molecule has 2 atom stereocenters. The molecule has 0 radical (unpaired) electrons. The molecular formula is C17H17FN4O2. The van der Waals surface area contributed by atoms with Crippen LogP contribution in [0.4, 0.5) is 4.39 Å². The number of rotatable bonds is 3. The van der Waals surface area contributed by atoms with Crippen LogP contribution in [-0.4, -0.2) is 22.2 Å². The van der Waals surface area contributed by atoms with Crippen molar-refractivity contribution in [3.05, 3.63) is 52.1 Å². The summed E-state index contributed by atoms with van der Waals surface area (Å²) in [5.74, 6) is -0.990. The number of aromatic amines is 1. The van der Waals surface area contributed by atoms with Gasteiger partial charge in [-0.1, -0.05) is 12.1 Å². The smallest absolute Gasteiger partial charge is 0.272 e. The SMILES string of the molecule is C[C@@H]1Cc2c(C(=O)NCc3cccc(C#N)c3F)n[nH]c2[C@H](C)O1. The summed E-state index contributed by atoms with van der Waals surface area (Å²) < 4.78 is 19.7. The molecule has 2 heterocycles. The quantitative estimate of drug-likeness (QED) is 0.905. The molecule has 0 saturated carbocycles. The molecule has 2 aromatic rings. The lowest BCUT2D eigenvalue weighted by Gasteiger charge is -2.25. The summed E-state index contributed by atoms with van der Waals surface area (Å²) >= 11 is 0. The summed E-state index contributed by atoms with van der Waals surface area (Å²) in [7, 11) is 0. The molecule has 2 N–H and O–H groups in total. The predicted octanol–water partition coefficient (Wildman–Crippen LogP) is 2.37. The van der Waals surface area contributed by atoms with Gasteiger partial charge in [0.15, 0.2) is 5.69 Å². The van der Waals surface area contributed by atoms with Gasteiger partial charge in [0.05, 0.1) is 23.5 Å². The van der Waals surface area contributed by atoms with Gasteiger partial charge in [-0.15, -0.1) is 0 Å². The number of H-pyrrole nitrogens is 1. The number of benzene rings is 1. The predicted molar refractivity (Wildman–Crippen MR) is 83.5 cm³/mol. The number of nitrogens with zero attached hydrogens (tertiary/aromatic N) is 2. The first-order chi connectivity index (χ1) is 11.5. The molecule has 1 aromatic carbocycles. The third-order valence-corrected chi connectivity index (χ3v) is 4.09. The summed E-state index contributed by atoms with van der Waals surface area (Å²) in [6, 6.07) is 6.30. The molecule has 0 saturated heterocycles. The molecule has 1 aliphatic rings. The van der Waals surface area contributed by atoms with Gasteiger partial charge in [-0.25, -0.2) is 4.39 Å². The number of hydrogen-bond acceptors (Lipinski definition) is 4. The van der Waals surface area contributed by atoms with E-state index < -0.39 is 5.82 Å². The highest BCUT2D eigenvalue weighted by molar-refractivity contribution is 5.94. The Morgan fingerprint density at radius 1 is 1.54 bits per heavy atom. The van der Waals surface area contributed by atoms with Crippen LogP contribution >= 0.6 is 0 Å². The molecule has 0 spiro atoms. The lowest BCUT2D eigenvalue weighted by Crippen LogP contribution is -2.27. The maximum absolute atomic E-state index is 14.0. The van der Waals surface area contributed by atoms with E-state index in [9.17, 15) is 9.18 Å². The first-order valence-corrected chi connectivity index (χ1v) is 7.69. The molecule has 1 amide bonds. The molecule has 0 fully saturated rings. The number of carbonyl (C=O) groups is 1. The molecule has 6 nitrogen and oxygen atoms in total. The van der Waals surface area contributed by atoms with Crippen LogP contribution in [0, 0.1) is 17.1 Å². The Kier molecular flexibility index (Phi) is 4.32. The topological polar surface area (TPSA) is 90.8 Å². The van der Waals surface area contributed by atoms with Crippen molar-refractivity contribution in [1.29, 1.82) is 5.26 Å². The Hall–Kier alpha value is -2.72. The summed E-state index contributed by atoms with van der Waals surface area (Å²) in [4.78, 5) is 12.4. The molecule has 24 heavy (non-hydrogen) atoms. The molecule has 1 aromatic heterocycles. The molecule has 0 aliphatic carbocycles. The maximum Gasteiger partial charge on any atom is 0.272 e. The number of halogens is 1. The number of carbonyl (C=O) groups excluding carboxylic acids is 1. The van der Waals surface area contributed by atoms with Crippen molar-refractivity contribution in [2.45, 2.75) is 39.0 Å². The van der Waals surface area contributed by atoms with E-state index in [1.807, 2.05) is 13.8 Å². The zero-order chi connectivity index (χ0) is 17.3. The van der Waals surface area contributed by atoms with E-state index in [1.54, 1.807) is 12.1 Å². The van der Waals surface area contributed by atoms with E-state index in [-0.39, 0.29) is 35.8 Å². The molecule has 0 bridgehead atoms. The summed E-state index contributed by atoms with van der Waals surface area (Å²) in [6.45, 7) is 3.83. The third kappa shape index (κ3) is 2.88. The normalized spacial score (nSPS) is 19.4. The Bertz CT molecular complexity index is 824. The van der Waals surface area contributed by atoms with E-state index in [0.717, 1.165) is 11.3 Å². The maximum atomic E-state index is 14.0. The van der Waals surface area contributed by atoms with Gasteiger partial charge in [0, 0.05) is 24.1 Å². The van der Waals surface area contributed by atoms with Crippen molar-refractivity contribution in [1.82, 2.24) is 15.5 Å². The van der Waals surface area contributed by atoms with Crippen LogP contribution in [0.1, 0.15) is 52.8 Å². The number of fused-ring (bicyclic) bond motifs is 1. The van der Waals surface area contributed by atoms with E-state index >= 15 is 0 Å². The van der Waals surface area contributed by atoms with Gasteiger partial charge in [-0.05, 0) is 19.9 Å². The van der Waals surface area contributed by atoms with Crippen LogP contribution < -0.4 is 5.32 Å². The van der Waals surface area contributed by atoms with Gasteiger partial charge in [0.2, 0.25) is 0 Å². The van der Waals surface area contributed by atoms with Gasteiger partial charge in [-0.3, -0.25) is 9.89 Å². The highest BCUT2D eigenvalue weighted by Crippen LogP contribution is 2.30. The number of aromatic nitrogens is 2. The van der Waals surface area contributed by atoms with Gasteiger partial charge in [0.1, 0.15) is 11.9 Å². The zero-order valence-corrected chi connectivity index (χ0v) is 13.4. The fraction of sp³-hybridized carbons (Fsp3) is 0.353. The van der Waals surface area contributed by atoms with Crippen molar-refractivity contribution in [3.8, 4) is 6.07 Å². The highest BCUT2D eigenvalue weighted by atomic mass is 19.1. The minimum Gasteiger partial charge on any atom is -0.369 e. The molecule has 1 aliphatic heterocycles. The van der Waals surface area contributed by atoms with Crippen molar-refractivity contribution in [2.75, 3.05) is 0 Å². The lowest BCUT2D eigenvalue weighted by molar-refractivity contribution is -0.00697. The van der Waals surface area contributed by atoms with Crippen molar-refractivity contribution < 1.29 is 13.9 Å². The lowest BCUT2D eigenvalue weighted by atomic mass is 9.99. The number of hydrogen-bond donors (Lipinski definition) is 2. The molecule has 3 rings (SSSR count). The number of nitriles is 1. The number of ether oxygens (including phenoxy) is 1. The highest BCUT2D eigenvalue weighted by Gasteiger charge is 2.29. The second-order valence-corrected chi connectivity index (χ2v) is 5.83. The molecule has 7 heteroatoms. The van der Waals surface area contributed by atoms with E-state index in [1.165, 1.54) is 12.1 Å². The van der Waals surface area contributed by atoms with Crippen molar-refractivity contribution >= 4 is 5.91 Å². The average molecular weight is 328 g/mol. The number of nitrogens with one attached hydrogen (secondary N) is 2. The van der Waals surface area contributed by atoms with E-state index in [2.05, 4.69) is 15.5 Å². The van der Waals surface area contributed by atoms with Gasteiger partial charge >= 0.3 is 0 Å². The number of amides is 1. The molecule has 124 valence electrons. The minimum atomic E-state index is -0.611. The molecular weight excluding hydrogens is 311 g/mol. The van der Waals surface area contributed by atoms with Crippen LogP contribution in [-0.2, 0) is 17.7 Å². The Labute approximate surface area is 138 Å². The van der Waals surface area contributed by atoms with Crippen LogP contribution in [0.2, 0.25) is 0 Å². The standard InChI is InChI=1S/C17H17FN4O2/c1-9-6-13-15(10(2)24-9)21-22-16(13)17(23)20-8-12-5-3-4-11(7-19)14(12)18/h3-5,9-10H,6,8H2,1-2H3,(H,20,23)(H,21,22)/t9-,10+/m1/s1. The van der Waals surface area contributed by atoms with Gasteiger partial charge in [0.25, 0.3) is 5.91 Å². The summed E-state index contributed by atoms with van der Waals surface area (Å²) in [5.41, 5.74) is 2.17. The average Bonchev–Trinajstić information content (AvgIpc) is 2.97. The second-order valence-electron chi connectivity index (χ2n) is 5.83. The molecule has 0 unspecified atom stereocenters. The van der Waals surface area contributed by atoms with Crippen LogP contribution in [0.25, 0.3) is 0 Å². The largest absolute Gasteiger partial charge is 0.369 e. The monoisotopic (exact) mass is 328 g/mol. The minimum absolute atomic E-state index is 0.00130. The fourth-order valence-electron chi connectivity index (χ4n) is 2.92. The van der Waals surface area contributed by atoms with Crippen LogP contribution in [0.5, 0.6) is 0 Å². The first kappa shape index (κ1) is 16.1. The van der Waals surface area contributed by atoms with Crippen molar-refractivity contribution in [3.63, 3.8) is 0 Å². The third-order valence-electron chi connectivity index (χ3n) is 4.09. The zero-order valence-electron chi connectivity index (χ0n) is 13.4. The van der Waals surface area contributed by atoms with Gasteiger partial charge < -0.3 is 10.1 Å². The van der Waals surface area contributed by atoms with E-state index in [0.29, 0.717) is 12.1 Å². The van der Waals surface area contributed by atoms with Crippen LogP contribution in [0.3, 0.4) is 0 Å². The Morgan fingerprint density at radius 2 is 2.33 bits per heavy atom. The summed E-state index contributed by atoms with van der Waals surface area (Å²) in [6.07, 6.45) is 0.445.